The van der Waals surface area contributed by atoms with Crippen LogP contribution in [0.5, 0.6) is 0 Å². The van der Waals surface area contributed by atoms with Crippen molar-refractivity contribution in [2.75, 3.05) is 0 Å². The van der Waals surface area contributed by atoms with E-state index in [2.05, 4.69) is 154 Å². The summed E-state index contributed by atoms with van der Waals surface area (Å²) >= 11 is 10.7. The fourth-order valence-corrected chi connectivity index (χ4v) is 19.2. The Morgan fingerprint density at radius 3 is 1.53 bits per heavy atom. The summed E-state index contributed by atoms with van der Waals surface area (Å²) in [6.07, 6.45) is 12.2. The first-order valence-electron chi connectivity index (χ1n) is 19.4. The van der Waals surface area contributed by atoms with E-state index in [0.29, 0.717) is 5.92 Å². The third-order valence-electron chi connectivity index (χ3n) is 12.6. The Balaban J connectivity index is 0.00000257. The molecule has 0 bridgehead atoms. The summed E-state index contributed by atoms with van der Waals surface area (Å²) in [6, 6.07) is 27.8. The predicted molar refractivity (Wildman–Crippen MR) is 227 cm³/mol. The summed E-state index contributed by atoms with van der Waals surface area (Å²) in [5.41, 5.74) is 18.6. The Labute approximate surface area is 360 Å². The maximum Gasteiger partial charge on any atom is -1.00 e. The molecule has 8 rings (SSSR count). The van der Waals surface area contributed by atoms with Crippen LogP contribution in [0.1, 0.15) is 130 Å². The van der Waals surface area contributed by atoms with E-state index >= 15 is 0 Å². The minimum atomic E-state index is -3.13. The average molecular weight is 886 g/mol. The Hall–Kier alpha value is -2.25. The van der Waals surface area contributed by atoms with E-state index in [-0.39, 0.29) is 44.7 Å². The van der Waals surface area contributed by atoms with E-state index in [1.54, 1.807) is 3.28 Å². The minimum absolute atomic E-state index is 0. The van der Waals surface area contributed by atoms with Gasteiger partial charge in [-0.25, -0.2) is 0 Å². The number of rotatable bonds is 4. The van der Waals surface area contributed by atoms with Crippen LogP contribution in [0.15, 0.2) is 106 Å². The van der Waals surface area contributed by atoms with Gasteiger partial charge in [-0.3, -0.25) is 0 Å². The fourth-order valence-electron chi connectivity index (χ4n) is 9.40. The molecule has 0 saturated carbocycles. The van der Waals surface area contributed by atoms with Crippen LogP contribution < -0.4 is 24.8 Å². The topological polar surface area (TPSA) is 0 Å². The van der Waals surface area contributed by atoms with Crippen molar-refractivity contribution in [3.8, 4) is 11.1 Å². The predicted octanol–water partition coefficient (Wildman–Crippen LogP) is 8.63. The number of hydrogen-bond donors (Lipinski definition) is 0. The van der Waals surface area contributed by atoms with Crippen LogP contribution in [0.4, 0.5) is 0 Å². The van der Waals surface area contributed by atoms with Crippen molar-refractivity contribution in [3.63, 3.8) is 0 Å². The monoisotopic (exact) mass is 882 g/mol. The number of benzene rings is 4. The van der Waals surface area contributed by atoms with E-state index in [9.17, 15) is 0 Å². The SMILES string of the molecule is CC1=CCC(C)(C)c2cc3c(cc21)-c1cc2c(cc1[CH]3[Zr+2]([C]1=CC(C(C)(C)C)=CC1C)=[C](c1cccc(Cl)c1)c1cccc(Cl)c1)C(C)(C)CC=C2C.[Cl-].[Cl-]. The standard InChI is InChI=1S/C27H29.C13H8Cl2.C10H15.2ClH.Zr/c1-16-7-9-26(3,4)24-12-18-11-19-13-25-21(17(2)8-10-27(25,5)6)15-23(19)22(18)14-20(16)24;14-12-5-1-3-10(8-12)7-11-4-2-6-13(15)9-11;1-8-5-6-9(7-8)10(2,3)4;;;/h7-8,11-15H,9-10H2,1-6H3;1-6,8-9H;6-8H,1-4H3;2*1H;/q;;;;;+2/p-2. The molecule has 5 heteroatoms. The van der Waals surface area contributed by atoms with Gasteiger partial charge >= 0.3 is 338 Å². The van der Waals surface area contributed by atoms with Crippen molar-refractivity contribution < 1.29 is 46.1 Å². The maximum atomic E-state index is 6.90. The number of fused-ring (bicyclic) bond motifs is 5. The molecule has 0 heterocycles. The van der Waals surface area contributed by atoms with E-state index in [1.165, 1.54) is 75.6 Å². The normalized spacial score (nSPS) is 18.8. The van der Waals surface area contributed by atoms with Gasteiger partial charge in [0.2, 0.25) is 0 Å². The Bertz CT molecular complexity index is 2260. The summed E-state index contributed by atoms with van der Waals surface area (Å²) in [5.74, 6) is 0.345. The average Bonchev–Trinajstić information content (AvgIpc) is 3.63. The molecule has 284 valence electrons. The molecule has 4 aliphatic carbocycles. The zero-order chi connectivity index (χ0) is 37.8. The Morgan fingerprint density at radius 2 is 1.13 bits per heavy atom. The van der Waals surface area contributed by atoms with Gasteiger partial charge in [0.15, 0.2) is 0 Å². The van der Waals surface area contributed by atoms with E-state index in [4.69, 9.17) is 23.2 Å². The molecule has 4 aliphatic rings. The van der Waals surface area contributed by atoms with Crippen molar-refractivity contribution in [2.24, 2.45) is 11.3 Å². The summed E-state index contributed by atoms with van der Waals surface area (Å²) in [4.78, 5) is 0. The molecule has 0 amide bonds. The molecular weight excluding hydrogens is 834 g/mol. The van der Waals surface area contributed by atoms with Gasteiger partial charge in [-0.1, -0.05) is 0 Å². The van der Waals surface area contributed by atoms with Crippen molar-refractivity contribution in [3.05, 3.63) is 161 Å². The Morgan fingerprint density at radius 1 is 0.673 bits per heavy atom. The largest absolute Gasteiger partial charge is 1.00 e. The van der Waals surface area contributed by atoms with Crippen molar-refractivity contribution >= 4 is 37.6 Å². The van der Waals surface area contributed by atoms with Crippen LogP contribution >= 0.6 is 23.2 Å². The molecule has 1 atom stereocenters. The molecule has 0 saturated heterocycles. The van der Waals surface area contributed by atoms with Crippen molar-refractivity contribution in [1.29, 1.82) is 0 Å². The second kappa shape index (κ2) is 15.2. The van der Waals surface area contributed by atoms with Gasteiger partial charge < -0.3 is 24.8 Å². The van der Waals surface area contributed by atoms with E-state index < -0.39 is 21.3 Å². The molecule has 55 heavy (non-hydrogen) atoms. The molecule has 4 aromatic carbocycles. The second-order valence-corrected chi connectivity index (χ2v) is 25.4. The van der Waals surface area contributed by atoms with E-state index in [0.717, 1.165) is 22.9 Å². The minimum Gasteiger partial charge on any atom is -1.00 e. The first kappa shape index (κ1) is 42.4. The third-order valence-corrected chi connectivity index (χ3v) is 21.8. The van der Waals surface area contributed by atoms with Gasteiger partial charge in [0.05, 0.1) is 0 Å². The van der Waals surface area contributed by atoms with Gasteiger partial charge in [-0.05, 0) is 0 Å². The van der Waals surface area contributed by atoms with Crippen LogP contribution in [-0.4, -0.2) is 3.21 Å². The molecule has 0 aromatic heterocycles. The molecule has 0 fully saturated rings. The maximum absolute atomic E-state index is 6.90. The molecule has 0 spiro atoms. The molecule has 0 aliphatic heterocycles. The van der Waals surface area contributed by atoms with Crippen LogP contribution in [0.3, 0.4) is 0 Å². The molecule has 0 N–H and O–H groups in total. The Kier molecular flexibility index (Phi) is 11.7. The van der Waals surface area contributed by atoms with E-state index in [1.807, 2.05) is 12.1 Å². The quantitative estimate of drug-likeness (QED) is 0.193. The van der Waals surface area contributed by atoms with Crippen LogP contribution in [-0.2, 0) is 32.1 Å². The summed E-state index contributed by atoms with van der Waals surface area (Å²) in [7, 11) is 0. The molecule has 1 unspecified atom stereocenters. The molecular formula is C50H52Cl4Zr. The molecule has 0 nitrogen and oxygen atoms in total. The summed E-state index contributed by atoms with van der Waals surface area (Å²) < 4.78 is 3.40. The smallest absolute Gasteiger partial charge is 1.00 e. The first-order chi connectivity index (χ1) is 24.9. The number of hydrogen-bond acceptors (Lipinski definition) is 0. The number of halogens is 4. The van der Waals surface area contributed by atoms with Gasteiger partial charge in [-0.2, -0.15) is 0 Å². The molecule has 0 radical (unpaired) electrons. The fraction of sp³-hybridized carbons (Fsp3) is 0.340. The van der Waals surface area contributed by atoms with Crippen LogP contribution in [0, 0.1) is 11.3 Å². The van der Waals surface area contributed by atoms with Crippen molar-refractivity contribution in [1.82, 2.24) is 0 Å². The summed E-state index contributed by atoms with van der Waals surface area (Å²) in [6.45, 7) is 23.9. The third kappa shape index (κ3) is 7.38. The van der Waals surface area contributed by atoms with Crippen molar-refractivity contribution in [2.45, 2.75) is 96.5 Å². The van der Waals surface area contributed by atoms with Gasteiger partial charge in [-0.15, -0.1) is 0 Å². The first-order valence-corrected chi connectivity index (χ1v) is 24.0. The van der Waals surface area contributed by atoms with Gasteiger partial charge in [0, 0.05) is 0 Å². The molecule has 4 aromatic rings. The van der Waals surface area contributed by atoms with Crippen LogP contribution in [0.25, 0.3) is 22.3 Å². The summed E-state index contributed by atoms with van der Waals surface area (Å²) in [5, 5.41) is 1.55. The van der Waals surface area contributed by atoms with Gasteiger partial charge in [0.1, 0.15) is 0 Å². The zero-order valence-corrected chi connectivity index (χ0v) is 39.3. The second-order valence-electron chi connectivity index (χ2n) is 18.4. The zero-order valence-electron chi connectivity index (χ0n) is 33.8. The van der Waals surface area contributed by atoms with Crippen LogP contribution in [0.2, 0.25) is 10.0 Å². The number of allylic oxidation sites excluding steroid dienone is 8. The van der Waals surface area contributed by atoms with Gasteiger partial charge in [0.25, 0.3) is 0 Å².